The number of ether oxygens (including phenoxy) is 4. The van der Waals surface area contributed by atoms with Crippen LogP contribution < -0.4 is 24.4 Å². The summed E-state index contributed by atoms with van der Waals surface area (Å²) in [5.41, 5.74) is 3.55. The molecule has 7 nitrogen and oxygen atoms in total. The van der Waals surface area contributed by atoms with Gasteiger partial charge < -0.3 is 18.9 Å². The van der Waals surface area contributed by atoms with E-state index >= 15 is 0 Å². The molecule has 0 bridgehead atoms. The van der Waals surface area contributed by atoms with E-state index in [0.29, 0.717) is 40.7 Å². The van der Waals surface area contributed by atoms with Crippen LogP contribution in [0.25, 0.3) is 0 Å². The molecule has 0 heterocycles. The second-order valence-electron chi connectivity index (χ2n) is 5.57. The summed E-state index contributed by atoms with van der Waals surface area (Å²) in [4.78, 5) is 12.3. The minimum atomic E-state index is -0.393. The molecule has 0 spiro atoms. The van der Waals surface area contributed by atoms with Crippen LogP contribution in [0.5, 0.6) is 23.0 Å². The number of hydrogen-bond donors (Lipinski definition) is 1. The van der Waals surface area contributed by atoms with E-state index in [4.69, 9.17) is 25.4 Å². The summed E-state index contributed by atoms with van der Waals surface area (Å²) in [5, 5.41) is 3.97. The Bertz CT molecular complexity index is 931. The topological polar surface area (TPSA) is 78.4 Å². The smallest absolute Gasteiger partial charge is 0.271 e. The quantitative estimate of drug-likeness (QED) is 0.290. The van der Waals surface area contributed by atoms with Crippen LogP contribution in [-0.2, 0) is 0 Å². The van der Waals surface area contributed by atoms with Crippen molar-refractivity contribution < 1.29 is 23.7 Å². The van der Waals surface area contributed by atoms with Crippen molar-refractivity contribution in [1.82, 2.24) is 5.43 Å². The van der Waals surface area contributed by atoms with Gasteiger partial charge in [0.25, 0.3) is 5.91 Å². The predicted octanol–water partition coefficient (Wildman–Crippen LogP) is 3.04. The third-order valence-electron chi connectivity index (χ3n) is 3.66. The maximum Gasteiger partial charge on any atom is 0.271 e. The first-order chi connectivity index (χ1) is 14.1. The molecule has 1 amide bonds. The standard InChI is InChI=1S/C22H22N2O5/c1-5-11-28-18-9-7-16(13-20(18)26-3)15-23-24-22(25)17-8-10-19(29-12-6-2)21(14-17)27-4/h1,6-10,13-15H,2,11-12H2,3-4H3,(H,24,25)/b23-15+. The maximum absolute atomic E-state index is 12.3. The maximum atomic E-state index is 12.3. The van der Waals surface area contributed by atoms with E-state index in [0.717, 1.165) is 0 Å². The minimum absolute atomic E-state index is 0.140. The van der Waals surface area contributed by atoms with Crippen molar-refractivity contribution in [3.63, 3.8) is 0 Å². The van der Waals surface area contributed by atoms with Crippen molar-refractivity contribution in [2.75, 3.05) is 27.4 Å². The van der Waals surface area contributed by atoms with E-state index in [1.165, 1.54) is 20.4 Å². The van der Waals surface area contributed by atoms with E-state index in [9.17, 15) is 4.79 Å². The normalized spacial score (nSPS) is 10.1. The van der Waals surface area contributed by atoms with Crippen LogP contribution in [0.4, 0.5) is 0 Å². The summed E-state index contributed by atoms with van der Waals surface area (Å²) >= 11 is 0. The molecule has 7 heteroatoms. The number of hydrazone groups is 1. The number of nitrogens with one attached hydrogen (secondary N) is 1. The number of terminal acetylenes is 1. The summed E-state index contributed by atoms with van der Waals surface area (Å²) in [5.74, 6) is 4.00. The van der Waals surface area contributed by atoms with Gasteiger partial charge in [0.15, 0.2) is 23.0 Å². The van der Waals surface area contributed by atoms with Crippen LogP contribution in [0.3, 0.4) is 0 Å². The zero-order valence-corrected chi connectivity index (χ0v) is 16.3. The highest BCUT2D eigenvalue weighted by Gasteiger charge is 2.11. The zero-order chi connectivity index (χ0) is 21.1. The lowest BCUT2D eigenvalue weighted by atomic mass is 10.2. The fraction of sp³-hybridized carbons (Fsp3) is 0.182. The molecule has 0 aliphatic carbocycles. The Morgan fingerprint density at radius 1 is 1.10 bits per heavy atom. The number of amides is 1. The molecule has 0 fully saturated rings. The highest BCUT2D eigenvalue weighted by atomic mass is 16.5. The van der Waals surface area contributed by atoms with Gasteiger partial charge in [0, 0.05) is 5.56 Å². The Balaban J connectivity index is 2.05. The molecule has 2 aromatic carbocycles. The first-order valence-electron chi connectivity index (χ1n) is 8.62. The van der Waals surface area contributed by atoms with Gasteiger partial charge in [-0.05, 0) is 42.0 Å². The average molecular weight is 394 g/mol. The molecular formula is C22H22N2O5. The van der Waals surface area contributed by atoms with Crippen LogP contribution in [0.15, 0.2) is 54.2 Å². The third-order valence-corrected chi connectivity index (χ3v) is 3.66. The minimum Gasteiger partial charge on any atom is -0.493 e. The lowest BCUT2D eigenvalue weighted by Crippen LogP contribution is -2.17. The SMILES string of the molecule is C#CCOc1ccc(/C=N/NC(=O)c2ccc(OCC=C)c(OC)c2)cc1OC. The van der Waals surface area contributed by atoms with E-state index in [1.54, 1.807) is 42.5 Å². The summed E-state index contributed by atoms with van der Waals surface area (Å²) in [6.07, 6.45) is 8.30. The molecule has 0 radical (unpaired) electrons. The summed E-state index contributed by atoms with van der Waals surface area (Å²) in [6.45, 7) is 4.07. The molecule has 0 saturated carbocycles. The van der Waals surface area contributed by atoms with Crippen molar-refractivity contribution in [2.45, 2.75) is 0 Å². The van der Waals surface area contributed by atoms with E-state index in [-0.39, 0.29) is 6.61 Å². The summed E-state index contributed by atoms with van der Waals surface area (Å²) in [7, 11) is 3.02. The third kappa shape index (κ3) is 6.04. The number of hydrogen-bond acceptors (Lipinski definition) is 6. The van der Waals surface area contributed by atoms with Crippen LogP contribution >= 0.6 is 0 Å². The molecule has 2 rings (SSSR count). The lowest BCUT2D eigenvalue weighted by Gasteiger charge is -2.10. The first-order valence-corrected chi connectivity index (χ1v) is 8.62. The van der Waals surface area contributed by atoms with Gasteiger partial charge in [0.1, 0.15) is 13.2 Å². The van der Waals surface area contributed by atoms with Crippen LogP contribution in [0.1, 0.15) is 15.9 Å². The Hall–Kier alpha value is -3.92. The number of carbonyl (C=O) groups excluding carboxylic acids is 1. The van der Waals surface area contributed by atoms with Crippen LogP contribution in [0, 0.1) is 12.3 Å². The first kappa shape index (κ1) is 21.4. The van der Waals surface area contributed by atoms with Crippen molar-refractivity contribution in [1.29, 1.82) is 0 Å². The van der Waals surface area contributed by atoms with Gasteiger partial charge in [0.2, 0.25) is 0 Å². The van der Waals surface area contributed by atoms with Gasteiger partial charge in [-0.15, -0.1) is 6.42 Å². The monoisotopic (exact) mass is 394 g/mol. The van der Waals surface area contributed by atoms with Gasteiger partial charge in [-0.2, -0.15) is 5.10 Å². The molecule has 29 heavy (non-hydrogen) atoms. The molecule has 0 aliphatic heterocycles. The van der Waals surface area contributed by atoms with Crippen LogP contribution in [-0.4, -0.2) is 39.6 Å². The molecule has 1 N–H and O–H groups in total. The van der Waals surface area contributed by atoms with Crippen molar-refractivity contribution in [3.05, 3.63) is 60.2 Å². The van der Waals surface area contributed by atoms with Crippen molar-refractivity contribution in [3.8, 4) is 35.3 Å². The van der Waals surface area contributed by atoms with E-state index in [1.807, 2.05) is 0 Å². The average Bonchev–Trinajstić information content (AvgIpc) is 2.76. The molecule has 0 atom stereocenters. The molecule has 0 aliphatic rings. The highest BCUT2D eigenvalue weighted by Crippen LogP contribution is 2.28. The number of rotatable bonds is 10. The van der Waals surface area contributed by atoms with Gasteiger partial charge in [-0.1, -0.05) is 18.6 Å². The molecule has 0 unspecified atom stereocenters. The fourth-order valence-electron chi connectivity index (χ4n) is 2.31. The second kappa shape index (κ2) is 11.0. The second-order valence-corrected chi connectivity index (χ2v) is 5.57. The molecule has 0 aromatic heterocycles. The fourth-order valence-corrected chi connectivity index (χ4v) is 2.31. The van der Waals surface area contributed by atoms with E-state index < -0.39 is 5.91 Å². The van der Waals surface area contributed by atoms with Gasteiger partial charge in [-0.3, -0.25) is 4.79 Å². The summed E-state index contributed by atoms with van der Waals surface area (Å²) < 4.78 is 21.4. The molecular weight excluding hydrogens is 372 g/mol. The van der Waals surface area contributed by atoms with E-state index in [2.05, 4.69) is 23.0 Å². The Kier molecular flexibility index (Phi) is 8.14. The van der Waals surface area contributed by atoms with Gasteiger partial charge in [0.05, 0.1) is 20.4 Å². The Labute approximate surface area is 169 Å². The van der Waals surface area contributed by atoms with Gasteiger partial charge >= 0.3 is 0 Å². The number of methoxy groups -OCH3 is 2. The number of benzene rings is 2. The molecule has 0 saturated heterocycles. The number of nitrogens with zero attached hydrogens (tertiary/aromatic N) is 1. The van der Waals surface area contributed by atoms with Gasteiger partial charge in [-0.25, -0.2) is 5.43 Å². The Morgan fingerprint density at radius 2 is 1.79 bits per heavy atom. The largest absolute Gasteiger partial charge is 0.493 e. The van der Waals surface area contributed by atoms with Crippen LogP contribution in [0.2, 0.25) is 0 Å². The molecule has 2 aromatic rings. The molecule has 150 valence electrons. The van der Waals surface area contributed by atoms with Crippen molar-refractivity contribution in [2.24, 2.45) is 5.10 Å². The van der Waals surface area contributed by atoms with Crippen molar-refractivity contribution >= 4 is 12.1 Å². The zero-order valence-electron chi connectivity index (χ0n) is 16.3. The number of carbonyl (C=O) groups is 1. The summed E-state index contributed by atoms with van der Waals surface area (Å²) in [6, 6.07) is 10.0. The predicted molar refractivity (Wildman–Crippen MR) is 111 cm³/mol. The highest BCUT2D eigenvalue weighted by molar-refractivity contribution is 5.95. The lowest BCUT2D eigenvalue weighted by molar-refractivity contribution is 0.0954. The Morgan fingerprint density at radius 3 is 2.48 bits per heavy atom.